The molecular weight excluding hydrogens is 426 g/mol. The normalized spacial score (nSPS) is 16.4. The summed E-state index contributed by atoms with van der Waals surface area (Å²) in [4.78, 5) is 25.2. The number of hydrogen-bond donors (Lipinski definition) is 2. The summed E-state index contributed by atoms with van der Waals surface area (Å²) in [5.41, 5.74) is 1.61. The summed E-state index contributed by atoms with van der Waals surface area (Å²) < 4.78 is 5.96. The molecule has 0 heterocycles. The van der Waals surface area contributed by atoms with E-state index in [4.69, 9.17) is 4.74 Å². The van der Waals surface area contributed by atoms with E-state index in [0.29, 0.717) is 12.3 Å². The maximum atomic E-state index is 13.2. The molecular formula is C29H39NO4. The van der Waals surface area contributed by atoms with E-state index in [9.17, 15) is 14.7 Å². The van der Waals surface area contributed by atoms with Crippen LogP contribution in [0.4, 0.5) is 0 Å². The van der Waals surface area contributed by atoms with Gasteiger partial charge in [-0.2, -0.15) is 0 Å². The van der Waals surface area contributed by atoms with Gasteiger partial charge in [0, 0.05) is 12.3 Å². The van der Waals surface area contributed by atoms with Crippen LogP contribution in [-0.4, -0.2) is 29.6 Å². The molecule has 1 fully saturated rings. The SMILES string of the molecule is CC(C)(C)[C@@H](Cc1ccccc1)C(=O)N[C@@H](Cc1ccc(OCC2CCCCC2)cc1)C(=O)O. The molecule has 0 aromatic heterocycles. The second kappa shape index (κ2) is 12.0. The minimum atomic E-state index is -1.03. The Balaban J connectivity index is 1.60. The third kappa shape index (κ3) is 7.89. The zero-order valence-corrected chi connectivity index (χ0v) is 20.8. The van der Waals surface area contributed by atoms with E-state index in [1.165, 1.54) is 32.1 Å². The molecule has 0 radical (unpaired) electrons. The van der Waals surface area contributed by atoms with E-state index < -0.39 is 12.0 Å². The van der Waals surface area contributed by atoms with Gasteiger partial charge < -0.3 is 15.2 Å². The van der Waals surface area contributed by atoms with Crippen LogP contribution >= 0.6 is 0 Å². The molecule has 34 heavy (non-hydrogen) atoms. The largest absolute Gasteiger partial charge is 0.493 e. The predicted molar refractivity (Wildman–Crippen MR) is 135 cm³/mol. The van der Waals surface area contributed by atoms with Gasteiger partial charge in [0.05, 0.1) is 6.61 Å². The van der Waals surface area contributed by atoms with Gasteiger partial charge in [-0.15, -0.1) is 0 Å². The molecule has 0 unspecified atom stereocenters. The molecule has 184 valence electrons. The molecule has 0 saturated heterocycles. The van der Waals surface area contributed by atoms with Crippen LogP contribution in [0, 0.1) is 17.3 Å². The number of rotatable bonds is 10. The molecule has 2 aromatic rings. The van der Waals surface area contributed by atoms with Crippen LogP contribution < -0.4 is 10.1 Å². The van der Waals surface area contributed by atoms with Crippen molar-refractivity contribution in [2.24, 2.45) is 17.3 Å². The first-order valence-electron chi connectivity index (χ1n) is 12.5. The third-order valence-electron chi connectivity index (χ3n) is 6.83. The highest BCUT2D eigenvalue weighted by molar-refractivity contribution is 5.85. The summed E-state index contributed by atoms with van der Waals surface area (Å²) >= 11 is 0. The van der Waals surface area contributed by atoms with Crippen LogP contribution in [0.5, 0.6) is 5.75 Å². The van der Waals surface area contributed by atoms with Crippen molar-refractivity contribution in [1.82, 2.24) is 5.32 Å². The predicted octanol–water partition coefficient (Wildman–Crippen LogP) is 5.66. The molecule has 2 atom stereocenters. The lowest BCUT2D eigenvalue weighted by Gasteiger charge is -2.31. The van der Waals surface area contributed by atoms with Crippen molar-refractivity contribution in [1.29, 1.82) is 0 Å². The molecule has 5 nitrogen and oxygen atoms in total. The Morgan fingerprint density at radius 3 is 2.15 bits per heavy atom. The number of aliphatic carboxylic acids is 1. The molecule has 1 amide bonds. The van der Waals surface area contributed by atoms with E-state index in [1.54, 1.807) is 0 Å². The number of carbonyl (C=O) groups excluding carboxylic acids is 1. The van der Waals surface area contributed by atoms with Gasteiger partial charge in [0.2, 0.25) is 5.91 Å². The Hall–Kier alpha value is -2.82. The summed E-state index contributed by atoms with van der Waals surface area (Å²) in [6.07, 6.45) is 7.17. The topological polar surface area (TPSA) is 75.6 Å². The lowest BCUT2D eigenvalue weighted by atomic mass is 9.76. The maximum absolute atomic E-state index is 13.2. The number of hydrogen-bond acceptors (Lipinski definition) is 3. The highest BCUT2D eigenvalue weighted by Gasteiger charge is 2.33. The number of amides is 1. The van der Waals surface area contributed by atoms with Gasteiger partial charge in [-0.1, -0.05) is 82.5 Å². The lowest BCUT2D eigenvalue weighted by molar-refractivity contribution is -0.143. The molecule has 0 bridgehead atoms. The molecule has 3 rings (SSSR count). The van der Waals surface area contributed by atoms with Gasteiger partial charge in [-0.25, -0.2) is 4.79 Å². The van der Waals surface area contributed by atoms with E-state index in [2.05, 4.69) is 5.32 Å². The van der Waals surface area contributed by atoms with Gasteiger partial charge in [0.25, 0.3) is 0 Å². The summed E-state index contributed by atoms with van der Waals surface area (Å²) in [7, 11) is 0. The van der Waals surface area contributed by atoms with Crippen molar-refractivity contribution in [3.8, 4) is 5.75 Å². The van der Waals surface area contributed by atoms with Crippen LogP contribution in [-0.2, 0) is 22.4 Å². The summed E-state index contributed by atoms with van der Waals surface area (Å²) in [6.45, 7) is 6.79. The van der Waals surface area contributed by atoms with Crippen molar-refractivity contribution in [2.75, 3.05) is 6.61 Å². The zero-order valence-electron chi connectivity index (χ0n) is 20.8. The Kier molecular flexibility index (Phi) is 9.14. The van der Waals surface area contributed by atoms with Gasteiger partial charge in [0.15, 0.2) is 0 Å². The van der Waals surface area contributed by atoms with Crippen LogP contribution in [0.2, 0.25) is 0 Å². The smallest absolute Gasteiger partial charge is 0.326 e. The molecule has 5 heteroatoms. The zero-order chi connectivity index (χ0) is 24.6. The number of nitrogens with one attached hydrogen (secondary N) is 1. The Bertz CT molecular complexity index is 911. The summed E-state index contributed by atoms with van der Waals surface area (Å²) in [5, 5.41) is 12.6. The fourth-order valence-corrected chi connectivity index (χ4v) is 4.64. The Morgan fingerprint density at radius 1 is 0.941 bits per heavy atom. The molecule has 1 saturated carbocycles. The van der Waals surface area contributed by atoms with Crippen molar-refractivity contribution in [3.05, 3.63) is 65.7 Å². The van der Waals surface area contributed by atoms with Crippen molar-refractivity contribution < 1.29 is 19.4 Å². The van der Waals surface area contributed by atoms with E-state index in [1.807, 2.05) is 75.4 Å². The fraction of sp³-hybridized carbons (Fsp3) is 0.517. The number of benzene rings is 2. The van der Waals surface area contributed by atoms with E-state index >= 15 is 0 Å². The first kappa shape index (κ1) is 25.8. The molecule has 2 N–H and O–H groups in total. The van der Waals surface area contributed by atoms with Crippen LogP contribution in [0.1, 0.15) is 64.0 Å². The van der Waals surface area contributed by atoms with Crippen LogP contribution in [0.15, 0.2) is 54.6 Å². The monoisotopic (exact) mass is 465 g/mol. The van der Waals surface area contributed by atoms with Gasteiger partial charge in [-0.05, 0) is 53.9 Å². The average Bonchev–Trinajstić information content (AvgIpc) is 2.82. The average molecular weight is 466 g/mol. The molecule has 0 spiro atoms. The third-order valence-corrected chi connectivity index (χ3v) is 6.83. The number of carboxylic acid groups (broad SMARTS) is 1. The van der Waals surface area contributed by atoms with Gasteiger partial charge in [-0.3, -0.25) is 4.79 Å². The standard InChI is InChI=1S/C29H39NO4/c1-29(2,3)25(18-21-10-6-4-7-11-21)27(31)30-26(28(32)33)19-22-14-16-24(17-15-22)34-20-23-12-8-5-9-13-23/h4,6-7,10-11,14-17,23,25-26H,5,8-9,12-13,18-20H2,1-3H3,(H,30,31)(H,32,33)/t25-,26-/m0/s1. The second-order valence-corrected chi connectivity index (χ2v) is 10.7. The summed E-state index contributed by atoms with van der Waals surface area (Å²) in [5.74, 6) is -0.158. The number of carbonyl (C=O) groups is 2. The quantitative estimate of drug-likeness (QED) is 0.475. The number of ether oxygens (including phenoxy) is 1. The molecule has 2 aromatic carbocycles. The highest BCUT2D eigenvalue weighted by atomic mass is 16.5. The van der Waals surface area contributed by atoms with Crippen LogP contribution in [0.3, 0.4) is 0 Å². The van der Waals surface area contributed by atoms with Crippen molar-refractivity contribution in [3.63, 3.8) is 0 Å². The molecule has 0 aliphatic heterocycles. The van der Waals surface area contributed by atoms with E-state index in [-0.39, 0.29) is 23.7 Å². The van der Waals surface area contributed by atoms with Crippen LogP contribution in [0.25, 0.3) is 0 Å². The molecule has 1 aliphatic rings. The second-order valence-electron chi connectivity index (χ2n) is 10.7. The Morgan fingerprint density at radius 2 is 1.56 bits per heavy atom. The minimum Gasteiger partial charge on any atom is -0.493 e. The Labute approximate surface area is 203 Å². The minimum absolute atomic E-state index is 0.226. The van der Waals surface area contributed by atoms with Gasteiger partial charge >= 0.3 is 5.97 Å². The number of carboxylic acids is 1. The maximum Gasteiger partial charge on any atom is 0.326 e. The fourth-order valence-electron chi connectivity index (χ4n) is 4.64. The lowest BCUT2D eigenvalue weighted by Crippen LogP contribution is -2.48. The van der Waals surface area contributed by atoms with Gasteiger partial charge in [0.1, 0.15) is 11.8 Å². The van der Waals surface area contributed by atoms with Crippen molar-refractivity contribution >= 4 is 11.9 Å². The first-order valence-corrected chi connectivity index (χ1v) is 12.5. The molecule has 1 aliphatic carbocycles. The summed E-state index contributed by atoms with van der Waals surface area (Å²) in [6, 6.07) is 16.4. The van der Waals surface area contributed by atoms with E-state index in [0.717, 1.165) is 23.5 Å². The highest BCUT2D eigenvalue weighted by Crippen LogP contribution is 2.30. The first-order chi connectivity index (χ1) is 16.2. The van der Waals surface area contributed by atoms with Crippen molar-refractivity contribution in [2.45, 2.75) is 71.8 Å².